The van der Waals surface area contributed by atoms with Crippen LogP contribution >= 0.6 is 15.9 Å². The molecule has 112 valence electrons. The highest BCUT2D eigenvalue weighted by molar-refractivity contribution is 9.09. The molecule has 1 aliphatic heterocycles. The summed E-state index contributed by atoms with van der Waals surface area (Å²) in [5.74, 6) is 0. The highest BCUT2D eigenvalue weighted by Gasteiger charge is 2.42. The van der Waals surface area contributed by atoms with Gasteiger partial charge in [0.15, 0.2) is 0 Å². The number of likely N-dealkylation sites (tertiary alicyclic amines) is 1. The molecular weight excluding hydrogens is 300 g/mol. The lowest BCUT2D eigenvalue weighted by Crippen LogP contribution is -2.62. The van der Waals surface area contributed by atoms with E-state index < -0.39 is 0 Å². The second-order valence-electron chi connectivity index (χ2n) is 7.18. The van der Waals surface area contributed by atoms with Gasteiger partial charge in [0.1, 0.15) is 0 Å². The SMILES string of the molecule is C=C(CCCCBr)NC1CC(C)(C)N(C)C(C)(C)C1. The Bertz CT molecular complexity index is 292. The van der Waals surface area contributed by atoms with Crippen LogP contribution in [0.4, 0.5) is 0 Å². The van der Waals surface area contributed by atoms with Gasteiger partial charge in [-0.25, -0.2) is 0 Å². The van der Waals surface area contributed by atoms with Gasteiger partial charge in [-0.15, -0.1) is 0 Å². The maximum absolute atomic E-state index is 4.20. The van der Waals surface area contributed by atoms with Crippen molar-refractivity contribution in [2.45, 2.75) is 76.9 Å². The number of allylic oxidation sites excluding steroid dienone is 1. The van der Waals surface area contributed by atoms with E-state index in [0.717, 1.165) is 11.8 Å². The Morgan fingerprint density at radius 1 is 1.21 bits per heavy atom. The van der Waals surface area contributed by atoms with Crippen LogP contribution in [0.1, 0.15) is 59.8 Å². The van der Waals surface area contributed by atoms with Crippen LogP contribution in [-0.2, 0) is 0 Å². The Morgan fingerprint density at radius 2 is 1.74 bits per heavy atom. The zero-order valence-electron chi connectivity index (χ0n) is 13.4. The second kappa shape index (κ2) is 6.62. The third-order valence-corrected chi connectivity index (χ3v) is 5.14. The van der Waals surface area contributed by atoms with E-state index >= 15 is 0 Å². The van der Waals surface area contributed by atoms with Crippen LogP contribution in [0.5, 0.6) is 0 Å². The molecule has 0 amide bonds. The van der Waals surface area contributed by atoms with Crippen molar-refractivity contribution in [1.29, 1.82) is 0 Å². The summed E-state index contributed by atoms with van der Waals surface area (Å²) in [6.07, 6.45) is 5.91. The highest BCUT2D eigenvalue weighted by atomic mass is 79.9. The van der Waals surface area contributed by atoms with Crippen LogP contribution in [0.15, 0.2) is 12.3 Å². The molecule has 0 aromatic carbocycles. The van der Waals surface area contributed by atoms with Crippen molar-refractivity contribution in [2.75, 3.05) is 12.4 Å². The zero-order valence-corrected chi connectivity index (χ0v) is 14.9. The van der Waals surface area contributed by atoms with E-state index in [1.165, 1.54) is 31.4 Å². The van der Waals surface area contributed by atoms with Crippen molar-refractivity contribution < 1.29 is 0 Å². The van der Waals surface area contributed by atoms with E-state index in [1.54, 1.807) is 0 Å². The zero-order chi connectivity index (χ0) is 14.7. The molecular formula is C16H31BrN2. The monoisotopic (exact) mass is 330 g/mol. The van der Waals surface area contributed by atoms with Crippen molar-refractivity contribution in [2.24, 2.45) is 0 Å². The van der Waals surface area contributed by atoms with Crippen LogP contribution in [0, 0.1) is 0 Å². The van der Waals surface area contributed by atoms with Gasteiger partial charge in [0.25, 0.3) is 0 Å². The molecule has 0 radical (unpaired) electrons. The molecule has 0 aromatic rings. The van der Waals surface area contributed by atoms with E-state index in [1.807, 2.05) is 0 Å². The van der Waals surface area contributed by atoms with Gasteiger partial charge in [0, 0.05) is 28.1 Å². The molecule has 1 aliphatic rings. The number of piperidine rings is 1. The predicted molar refractivity (Wildman–Crippen MR) is 88.9 cm³/mol. The molecule has 1 rings (SSSR count). The van der Waals surface area contributed by atoms with Gasteiger partial charge in [0.2, 0.25) is 0 Å². The first kappa shape index (κ1) is 17.0. The molecule has 0 unspecified atom stereocenters. The predicted octanol–water partition coefficient (Wildman–Crippen LogP) is 4.31. The smallest absolute Gasteiger partial charge is 0.0292 e. The molecule has 3 heteroatoms. The van der Waals surface area contributed by atoms with E-state index in [-0.39, 0.29) is 11.1 Å². The molecule has 0 spiro atoms. The Balaban J connectivity index is 2.53. The maximum Gasteiger partial charge on any atom is 0.0292 e. The molecule has 1 saturated heterocycles. The Kier molecular flexibility index (Phi) is 5.94. The summed E-state index contributed by atoms with van der Waals surface area (Å²) < 4.78 is 0. The number of hydrogen-bond donors (Lipinski definition) is 1. The van der Waals surface area contributed by atoms with Crippen molar-refractivity contribution in [3.8, 4) is 0 Å². The van der Waals surface area contributed by atoms with Crippen molar-refractivity contribution in [3.05, 3.63) is 12.3 Å². The number of nitrogens with one attached hydrogen (secondary N) is 1. The molecule has 1 heterocycles. The fourth-order valence-electron chi connectivity index (χ4n) is 3.27. The summed E-state index contributed by atoms with van der Waals surface area (Å²) >= 11 is 3.48. The molecule has 1 N–H and O–H groups in total. The minimum absolute atomic E-state index is 0.246. The Morgan fingerprint density at radius 3 is 2.21 bits per heavy atom. The lowest BCUT2D eigenvalue weighted by molar-refractivity contribution is -0.0164. The summed E-state index contributed by atoms with van der Waals surface area (Å²) in [6, 6.07) is 0.553. The normalized spacial score (nSPS) is 23.3. The van der Waals surface area contributed by atoms with Crippen LogP contribution in [0.2, 0.25) is 0 Å². The lowest BCUT2D eigenvalue weighted by Gasteiger charge is -2.54. The van der Waals surface area contributed by atoms with Gasteiger partial charge >= 0.3 is 0 Å². The fourth-order valence-corrected chi connectivity index (χ4v) is 3.66. The quantitative estimate of drug-likeness (QED) is 0.576. The third kappa shape index (κ3) is 4.78. The number of rotatable bonds is 6. The molecule has 0 atom stereocenters. The minimum atomic E-state index is 0.246. The van der Waals surface area contributed by atoms with Gasteiger partial charge in [-0.1, -0.05) is 22.5 Å². The Labute approximate surface area is 128 Å². The van der Waals surface area contributed by atoms with E-state index in [4.69, 9.17) is 0 Å². The van der Waals surface area contributed by atoms with Gasteiger partial charge in [0.05, 0.1) is 0 Å². The summed E-state index contributed by atoms with van der Waals surface area (Å²) in [7, 11) is 2.25. The number of unbranched alkanes of at least 4 members (excludes halogenated alkanes) is 1. The average Bonchev–Trinajstić information content (AvgIpc) is 2.25. The fraction of sp³-hybridized carbons (Fsp3) is 0.875. The first-order chi connectivity index (χ1) is 8.69. The van der Waals surface area contributed by atoms with Crippen molar-refractivity contribution in [3.63, 3.8) is 0 Å². The topological polar surface area (TPSA) is 15.3 Å². The van der Waals surface area contributed by atoms with E-state index in [0.29, 0.717) is 6.04 Å². The largest absolute Gasteiger partial charge is 0.386 e. The minimum Gasteiger partial charge on any atom is -0.386 e. The molecule has 0 saturated carbocycles. The van der Waals surface area contributed by atoms with Crippen LogP contribution in [-0.4, -0.2) is 34.4 Å². The molecule has 0 aromatic heterocycles. The molecule has 0 aliphatic carbocycles. The second-order valence-corrected chi connectivity index (χ2v) is 7.98. The van der Waals surface area contributed by atoms with Crippen LogP contribution < -0.4 is 5.32 Å². The van der Waals surface area contributed by atoms with E-state index in [2.05, 4.69) is 67.5 Å². The molecule has 0 bridgehead atoms. The van der Waals surface area contributed by atoms with Crippen molar-refractivity contribution in [1.82, 2.24) is 10.2 Å². The van der Waals surface area contributed by atoms with Crippen LogP contribution in [0.3, 0.4) is 0 Å². The van der Waals surface area contributed by atoms with Gasteiger partial charge in [-0.3, -0.25) is 4.90 Å². The summed E-state index contributed by atoms with van der Waals surface area (Å²) in [5, 5.41) is 4.76. The van der Waals surface area contributed by atoms with Gasteiger partial charge in [-0.2, -0.15) is 0 Å². The number of nitrogens with zero attached hydrogens (tertiary/aromatic N) is 1. The first-order valence-electron chi connectivity index (χ1n) is 7.43. The highest BCUT2D eigenvalue weighted by Crippen LogP contribution is 2.37. The van der Waals surface area contributed by atoms with Gasteiger partial charge < -0.3 is 5.32 Å². The number of alkyl halides is 1. The summed E-state index contributed by atoms with van der Waals surface area (Å²) in [4.78, 5) is 2.52. The number of halogens is 1. The van der Waals surface area contributed by atoms with Crippen LogP contribution in [0.25, 0.3) is 0 Å². The van der Waals surface area contributed by atoms with E-state index in [9.17, 15) is 0 Å². The lowest BCUT2D eigenvalue weighted by atomic mass is 9.77. The Hall–Kier alpha value is -0.0200. The first-order valence-corrected chi connectivity index (χ1v) is 8.55. The third-order valence-electron chi connectivity index (χ3n) is 4.58. The van der Waals surface area contributed by atoms with Crippen molar-refractivity contribution >= 4 is 15.9 Å². The average molecular weight is 331 g/mol. The maximum atomic E-state index is 4.20. The molecule has 1 fully saturated rings. The summed E-state index contributed by atoms with van der Waals surface area (Å²) in [5.41, 5.74) is 1.70. The number of hydrogen-bond acceptors (Lipinski definition) is 2. The molecule has 19 heavy (non-hydrogen) atoms. The van der Waals surface area contributed by atoms with Gasteiger partial charge in [-0.05, 0) is 66.8 Å². The standard InChI is InChI=1S/C16H31BrN2/c1-13(9-7-8-10-17)18-14-11-15(2,3)19(6)16(4,5)12-14/h14,18H,1,7-12H2,2-6H3. The summed E-state index contributed by atoms with van der Waals surface area (Å²) in [6.45, 7) is 13.6. The molecule has 2 nitrogen and oxygen atoms in total.